The highest BCUT2D eigenvalue weighted by Crippen LogP contribution is 2.10. The molecule has 2 aromatic rings. The number of halogens is 1. The maximum Gasteiger partial charge on any atom is 0.263 e. The SMILES string of the molecule is CCc1nnc(NN=Cc2cccc(Br)c2)n1N. The maximum atomic E-state index is 5.77. The summed E-state index contributed by atoms with van der Waals surface area (Å²) in [5, 5.41) is 11.9. The molecular weight excluding hydrogens is 296 g/mol. The number of aromatic nitrogens is 3. The third-order valence-corrected chi connectivity index (χ3v) is 2.80. The van der Waals surface area contributed by atoms with E-state index in [1.807, 2.05) is 31.2 Å². The molecule has 1 aromatic heterocycles. The standard InChI is InChI=1S/C11H13BrN6/c1-2-10-15-17-11(18(10)13)16-14-7-8-4-3-5-9(12)6-8/h3-7H,2,13H2,1H3,(H,16,17). The molecule has 0 aliphatic carbocycles. The van der Waals surface area contributed by atoms with Crippen LogP contribution in [0.4, 0.5) is 5.95 Å². The van der Waals surface area contributed by atoms with E-state index in [2.05, 4.69) is 36.7 Å². The molecular formula is C11H13BrN6. The number of hydrazone groups is 1. The first-order valence-corrected chi connectivity index (χ1v) is 6.24. The van der Waals surface area contributed by atoms with E-state index in [1.54, 1.807) is 6.21 Å². The predicted molar refractivity (Wildman–Crippen MR) is 74.9 cm³/mol. The van der Waals surface area contributed by atoms with Gasteiger partial charge in [-0.3, -0.25) is 0 Å². The molecule has 0 saturated heterocycles. The van der Waals surface area contributed by atoms with Gasteiger partial charge in [-0.05, 0) is 17.7 Å². The minimum Gasteiger partial charge on any atom is -0.335 e. The number of nitrogens with zero attached hydrogens (tertiary/aromatic N) is 4. The van der Waals surface area contributed by atoms with Crippen LogP contribution in [-0.4, -0.2) is 21.1 Å². The van der Waals surface area contributed by atoms with Crippen LogP contribution in [0.1, 0.15) is 18.3 Å². The monoisotopic (exact) mass is 308 g/mol. The molecule has 0 unspecified atom stereocenters. The topological polar surface area (TPSA) is 81.1 Å². The van der Waals surface area contributed by atoms with Gasteiger partial charge in [0.05, 0.1) is 6.21 Å². The van der Waals surface area contributed by atoms with E-state index < -0.39 is 0 Å². The molecule has 3 N–H and O–H groups in total. The van der Waals surface area contributed by atoms with Gasteiger partial charge in [-0.1, -0.05) is 35.0 Å². The molecule has 0 radical (unpaired) electrons. The first-order valence-electron chi connectivity index (χ1n) is 5.44. The van der Waals surface area contributed by atoms with E-state index in [0.29, 0.717) is 11.8 Å². The molecule has 0 aliphatic rings. The predicted octanol–water partition coefficient (Wildman–Crippen LogP) is 1.76. The number of hydrogen-bond acceptors (Lipinski definition) is 5. The van der Waals surface area contributed by atoms with Crippen molar-refractivity contribution in [3.05, 3.63) is 40.1 Å². The third kappa shape index (κ3) is 2.86. The number of nitrogens with two attached hydrogens (primary N) is 1. The molecule has 18 heavy (non-hydrogen) atoms. The van der Waals surface area contributed by atoms with E-state index in [9.17, 15) is 0 Å². The lowest BCUT2D eigenvalue weighted by atomic mass is 10.2. The number of benzene rings is 1. The summed E-state index contributed by atoms with van der Waals surface area (Å²) in [6.07, 6.45) is 2.41. The second kappa shape index (κ2) is 5.63. The highest BCUT2D eigenvalue weighted by Gasteiger charge is 2.05. The Kier molecular flexibility index (Phi) is 3.93. The van der Waals surface area contributed by atoms with Crippen molar-refractivity contribution >= 4 is 28.1 Å². The Bertz CT molecular complexity index is 562. The normalized spacial score (nSPS) is 11.0. The van der Waals surface area contributed by atoms with Gasteiger partial charge < -0.3 is 5.84 Å². The Morgan fingerprint density at radius 1 is 1.50 bits per heavy atom. The highest BCUT2D eigenvalue weighted by atomic mass is 79.9. The summed E-state index contributed by atoms with van der Waals surface area (Å²) in [6, 6.07) is 7.79. The van der Waals surface area contributed by atoms with E-state index in [1.165, 1.54) is 4.68 Å². The Balaban J connectivity index is 2.05. The Morgan fingerprint density at radius 3 is 3.00 bits per heavy atom. The van der Waals surface area contributed by atoms with Gasteiger partial charge in [-0.25, -0.2) is 10.1 Å². The van der Waals surface area contributed by atoms with Crippen LogP contribution in [0.25, 0.3) is 0 Å². The summed E-state index contributed by atoms with van der Waals surface area (Å²) in [7, 11) is 0. The Hall–Kier alpha value is -1.89. The number of aryl methyl sites for hydroxylation is 1. The van der Waals surface area contributed by atoms with Gasteiger partial charge in [0.15, 0.2) is 5.82 Å². The molecule has 0 atom stereocenters. The van der Waals surface area contributed by atoms with Gasteiger partial charge in [0.25, 0.3) is 5.95 Å². The lowest BCUT2D eigenvalue weighted by Crippen LogP contribution is -2.14. The van der Waals surface area contributed by atoms with E-state index >= 15 is 0 Å². The van der Waals surface area contributed by atoms with Gasteiger partial charge >= 0.3 is 0 Å². The summed E-state index contributed by atoms with van der Waals surface area (Å²) < 4.78 is 2.39. The van der Waals surface area contributed by atoms with Gasteiger partial charge in [0.1, 0.15) is 0 Å². The van der Waals surface area contributed by atoms with Crippen LogP contribution < -0.4 is 11.3 Å². The zero-order chi connectivity index (χ0) is 13.0. The van der Waals surface area contributed by atoms with Gasteiger partial charge in [0, 0.05) is 10.9 Å². The molecule has 0 amide bonds. The molecule has 7 heteroatoms. The minimum absolute atomic E-state index is 0.415. The fourth-order valence-corrected chi connectivity index (χ4v) is 1.81. The fraction of sp³-hybridized carbons (Fsp3) is 0.182. The number of nitrogen functional groups attached to an aromatic ring is 1. The Labute approximate surface area is 113 Å². The quantitative estimate of drug-likeness (QED) is 0.512. The molecule has 0 bridgehead atoms. The lowest BCUT2D eigenvalue weighted by molar-refractivity contribution is 0.855. The zero-order valence-electron chi connectivity index (χ0n) is 9.84. The molecule has 0 aliphatic heterocycles. The maximum absolute atomic E-state index is 5.77. The highest BCUT2D eigenvalue weighted by molar-refractivity contribution is 9.10. The summed E-state index contributed by atoms with van der Waals surface area (Å²) in [4.78, 5) is 0. The van der Waals surface area contributed by atoms with Crippen molar-refractivity contribution in [3.8, 4) is 0 Å². The van der Waals surface area contributed by atoms with E-state index in [0.717, 1.165) is 16.5 Å². The summed E-state index contributed by atoms with van der Waals surface area (Å²) in [5.74, 6) is 6.88. The molecule has 94 valence electrons. The molecule has 0 fully saturated rings. The average molecular weight is 309 g/mol. The van der Waals surface area contributed by atoms with Crippen LogP contribution >= 0.6 is 15.9 Å². The summed E-state index contributed by atoms with van der Waals surface area (Å²) in [6.45, 7) is 1.96. The van der Waals surface area contributed by atoms with Crippen LogP contribution in [0.3, 0.4) is 0 Å². The van der Waals surface area contributed by atoms with Gasteiger partial charge in [-0.2, -0.15) is 5.10 Å². The van der Waals surface area contributed by atoms with Crippen molar-refractivity contribution in [2.24, 2.45) is 5.10 Å². The second-order valence-corrected chi connectivity index (χ2v) is 4.50. The molecule has 6 nitrogen and oxygen atoms in total. The number of anilines is 1. The largest absolute Gasteiger partial charge is 0.335 e. The average Bonchev–Trinajstić information content (AvgIpc) is 2.71. The molecule has 1 aromatic carbocycles. The number of nitrogens with one attached hydrogen (secondary N) is 1. The Morgan fingerprint density at radius 2 is 2.33 bits per heavy atom. The second-order valence-electron chi connectivity index (χ2n) is 3.59. The van der Waals surface area contributed by atoms with Crippen molar-refractivity contribution in [2.75, 3.05) is 11.3 Å². The smallest absolute Gasteiger partial charge is 0.263 e. The first kappa shape index (κ1) is 12.6. The van der Waals surface area contributed by atoms with Crippen LogP contribution in [0.5, 0.6) is 0 Å². The van der Waals surface area contributed by atoms with Crippen LogP contribution in [-0.2, 0) is 6.42 Å². The molecule has 1 heterocycles. The summed E-state index contributed by atoms with van der Waals surface area (Å²) in [5.41, 5.74) is 3.72. The lowest BCUT2D eigenvalue weighted by Gasteiger charge is -2.00. The van der Waals surface area contributed by atoms with Crippen molar-refractivity contribution in [1.82, 2.24) is 14.9 Å². The van der Waals surface area contributed by atoms with Crippen molar-refractivity contribution in [3.63, 3.8) is 0 Å². The minimum atomic E-state index is 0.415. The van der Waals surface area contributed by atoms with Gasteiger partial charge in [-0.15, -0.1) is 10.2 Å². The van der Waals surface area contributed by atoms with Crippen LogP contribution in [0.15, 0.2) is 33.8 Å². The molecule has 0 spiro atoms. The first-order chi connectivity index (χ1) is 8.70. The van der Waals surface area contributed by atoms with Crippen molar-refractivity contribution < 1.29 is 0 Å². The van der Waals surface area contributed by atoms with Crippen LogP contribution in [0, 0.1) is 0 Å². The fourth-order valence-electron chi connectivity index (χ4n) is 1.39. The van der Waals surface area contributed by atoms with Crippen molar-refractivity contribution in [1.29, 1.82) is 0 Å². The van der Waals surface area contributed by atoms with E-state index in [4.69, 9.17) is 5.84 Å². The van der Waals surface area contributed by atoms with Crippen LogP contribution in [0.2, 0.25) is 0 Å². The number of rotatable bonds is 4. The van der Waals surface area contributed by atoms with Gasteiger partial charge in [0.2, 0.25) is 0 Å². The van der Waals surface area contributed by atoms with Crippen molar-refractivity contribution in [2.45, 2.75) is 13.3 Å². The summed E-state index contributed by atoms with van der Waals surface area (Å²) >= 11 is 3.39. The third-order valence-electron chi connectivity index (χ3n) is 2.31. The zero-order valence-corrected chi connectivity index (χ0v) is 11.4. The molecule has 0 saturated carbocycles. The van der Waals surface area contributed by atoms with E-state index in [-0.39, 0.29) is 0 Å². The molecule has 2 rings (SSSR count). The number of hydrogen-bond donors (Lipinski definition) is 2.